The summed E-state index contributed by atoms with van der Waals surface area (Å²) in [7, 11) is -0.862. The lowest BCUT2D eigenvalue weighted by Crippen LogP contribution is -2.41. The van der Waals surface area contributed by atoms with Crippen molar-refractivity contribution < 1.29 is 31.7 Å². The fraction of sp³-hybridized carbons (Fsp3) is 0.533. The number of benzene rings is 1. The van der Waals surface area contributed by atoms with E-state index in [4.69, 9.17) is 9.31 Å². The van der Waals surface area contributed by atoms with E-state index >= 15 is 0 Å². The molecule has 1 aromatic carbocycles. The van der Waals surface area contributed by atoms with Crippen LogP contribution in [0.4, 0.5) is 28.0 Å². The zero-order valence-electron chi connectivity index (χ0n) is 14.3. The summed E-state index contributed by atoms with van der Waals surface area (Å²) in [4.78, 5) is 11.5. The number of carbonyl (C=O) groups is 1. The molecule has 10 heteroatoms. The first-order valence-corrected chi connectivity index (χ1v) is 7.57. The minimum absolute atomic E-state index is 0.00983. The molecule has 1 aliphatic heterocycles. The Morgan fingerprint density at radius 1 is 1.12 bits per heavy atom. The molecule has 0 saturated carbocycles. The minimum atomic E-state index is -4.53. The molecule has 1 aliphatic rings. The van der Waals surface area contributed by atoms with Crippen LogP contribution < -0.4 is 16.1 Å². The molecule has 0 bridgehead atoms. The lowest BCUT2D eigenvalue weighted by Gasteiger charge is -2.32. The van der Waals surface area contributed by atoms with Crippen molar-refractivity contribution in [1.82, 2.24) is 5.32 Å². The molecule has 1 aromatic rings. The van der Waals surface area contributed by atoms with Crippen LogP contribution in [0.5, 0.6) is 0 Å². The normalized spacial score (nSPS) is 19.0. The zero-order valence-corrected chi connectivity index (χ0v) is 14.3. The van der Waals surface area contributed by atoms with Crippen LogP contribution in [0.2, 0.25) is 0 Å². The second kappa shape index (κ2) is 6.49. The molecule has 0 unspecified atom stereocenters. The van der Waals surface area contributed by atoms with Gasteiger partial charge in [0.2, 0.25) is 0 Å². The van der Waals surface area contributed by atoms with E-state index in [9.17, 15) is 22.4 Å². The second-order valence-electron chi connectivity index (χ2n) is 6.78. The number of hydrogen-bond donors (Lipinski definition) is 2. The Morgan fingerprint density at radius 2 is 1.68 bits per heavy atom. The van der Waals surface area contributed by atoms with Crippen LogP contribution in [-0.2, 0) is 9.31 Å². The molecule has 5 nitrogen and oxygen atoms in total. The summed E-state index contributed by atoms with van der Waals surface area (Å²) in [6.07, 6.45) is -4.53. The van der Waals surface area contributed by atoms with Crippen molar-refractivity contribution in [2.75, 3.05) is 11.9 Å². The van der Waals surface area contributed by atoms with Crippen molar-refractivity contribution >= 4 is 24.3 Å². The van der Waals surface area contributed by atoms with Crippen molar-refractivity contribution in [1.29, 1.82) is 0 Å². The van der Waals surface area contributed by atoms with Crippen molar-refractivity contribution in [2.45, 2.75) is 45.1 Å². The van der Waals surface area contributed by atoms with Crippen LogP contribution in [0.3, 0.4) is 0 Å². The van der Waals surface area contributed by atoms with Gasteiger partial charge in [-0.1, -0.05) is 0 Å². The predicted molar refractivity (Wildman–Crippen MR) is 85.2 cm³/mol. The Kier molecular flexibility index (Phi) is 5.07. The van der Waals surface area contributed by atoms with Gasteiger partial charge in [0.25, 0.3) is 0 Å². The minimum Gasteiger partial charge on any atom is -0.399 e. The molecule has 2 N–H and O–H groups in total. The van der Waals surface area contributed by atoms with Crippen LogP contribution in [0, 0.1) is 5.82 Å². The van der Waals surface area contributed by atoms with Gasteiger partial charge in [-0.25, -0.2) is 9.18 Å². The highest BCUT2D eigenvalue weighted by Crippen LogP contribution is 2.36. The summed E-state index contributed by atoms with van der Waals surface area (Å²) in [5, 5.41) is 3.81. The number of urea groups is 1. The Bertz CT molecular complexity index is 649. The van der Waals surface area contributed by atoms with Gasteiger partial charge in [-0.15, -0.1) is 0 Å². The summed E-state index contributed by atoms with van der Waals surface area (Å²) in [6, 6.07) is 2.46. The Hall–Kier alpha value is -1.81. The summed E-state index contributed by atoms with van der Waals surface area (Å²) >= 11 is 0. The smallest absolute Gasteiger partial charge is 0.399 e. The number of amides is 2. The maximum absolute atomic E-state index is 13.8. The van der Waals surface area contributed by atoms with E-state index < -0.39 is 42.9 Å². The number of alkyl halides is 3. The van der Waals surface area contributed by atoms with Crippen LogP contribution in [0.15, 0.2) is 18.2 Å². The largest absolute Gasteiger partial charge is 0.495 e. The first-order chi connectivity index (χ1) is 11.3. The van der Waals surface area contributed by atoms with E-state index in [1.807, 2.05) is 27.7 Å². The van der Waals surface area contributed by atoms with Crippen molar-refractivity contribution in [2.24, 2.45) is 0 Å². The number of halogens is 4. The van der Waals surface area contributed by atoms with Crippen LogP contribution >= 0.6 is 0 Å². The maximum Gasteiger partial charge on any atom is 0.495 e. The summed E-state index contributed by atoms with van der Waals surface area (Å²) in [5.41, 5.74) is -0.974. The SMILES string of the molecule is CC1(C)OB(c2cc(F)cc(NC(=O)NCC(F)(F)F)c2)OC1(C)C. The van der Waals surface area contributed by atoms with E-state index in [1.165, 1.54) is 12.1 Å². The third-order valence-electron chi connectivity index (χ3n) is 4.15. The number of anilines is 1. The standard InChI is InChI=1S/C15H19BF4N2O3/c1-13(2)14(3,4)25-16(24-13)9-5-10(17)7-11(6-9)22-12(23)21-8-15(18,19)20/h5-7H,8H2,1-4H3,(H2,21,22,23). The van der Waals surface area contributed by atoms with Crippen molar-refractivity contribution in [3.05, 3.63) is 24.0 Å². The number of carbonyl (C=O) groups excluding carboxylic acids is 1. The third kappa shape index (κ3) is 4.85. The molecule has 1 heterocycles. The summed E-state index contributed by atoms with van der Waals surface area (Å²) < 4.78 is 61.7. The molecule has 0 radical (unpaired) electrons. The van der Waals surface area contributed by atoms with E-state index in [-0.39, 0.29) is 5.69 Å². The third-order valence-corrected chi connectivity index (χ3v) is 4.15. The molecule has 0 aromatic heterocycles. The lowest BCUT2D eigenvalue weighted by molar-refractivity contribution is -0.122. The Balaban J connectivity index is 2.12. The highest BCUT2D eigenvalue weighted by molar-refractivity contribution is 6.62. The van der Waals surface area contributed by atoms with Gasteiger partial charge in [-0.2, -0.15) is 13.2 Å². The molecule has 0 aliphatic carbocycles. The monoisotopic (exact) mass is 362 g/mol. The number of nitrogens with one attached hydrogen (secondary N) is 2. The molecule has 25 heavy (non-hydrogen) atoms. The van der Waals surface area contributed by atoms with Gasteiger partial charge in [0.05, 0.1) is 11.2 Å². The van der Waals surface area contributed by atoms with Gasteiger partial charge in [-0.3, -0.25) is 0 Å². The van der Waals surface area contributed by atoms with Crippen LogP contribution in [-0.4, -0.2) is 37.1 Å². The highest BCUT2D eigenvalue weighted by Gasteiger charge is 2.51. The molecule has 1 saturated heterocycles. The summed E-state index contributed by atoms with van der Waals surface area (Å²) in [6.45, 7) is 5.83. The first kappa shape index (κ1) is 19.5. The number of rotatable bonds is 3. The highest BCUT2D eigenvalue weighted by atomic mass is 19.4. The fourth-order valence-electron chi connectivity index (χ4n) is 2.16. The van der Waals surface area contributed by atoms with Gasteiger partial charge < -0.3 is 19.9 Å². The van der Waals surface area contributed by atoms with E-state index in [0.29, 0.717) is 5.46 Å². The average Bonchev–Trinajstić information content (AvgIpc) is 2.64. The van der Waals surface area contributed by atoms with E-state index in [2.05, 4.69) is 5.32 Å². The van der Waals surface area contributed by atoms with Gasteiger partial charge in [0, 0.05) is 5.69 Å². The van der Waals surface area contributed by atoms with Gasteiger partial charge in [-0.05, 0) is 51.4 Å². The van der Waals surface area contributed by atoms with Crippen molar-refractivity contribution in [3.8, 4) is 0 Å². The molecule has 2 rings (SSSR count). The fourth-order valence-corrected chi connectivity index (χ4v) is 2.16. The molecule has 138 valence electrons. The predicted octanol–water partition coefficient (Wildman–Crippen LogP) is 2.81. The molecule has 0 atom stereocenters. The summed E-state index contributed by atoms with van der Waals surface area (Å²) in [5.74, 6) is -0.682. The van der Waals surface area contributed by atoms with Crippen molar-refractivity contribution in [3.63, 3.8) is 0 Å². The van der Waals surface area contributed by atoms with Crippen LogP contribution in [0.25, 0.3) is 0 Å². The van der Waals surface area contributed by atoms with E-state index in [0.717, 1.165) is 6.07 Å². The first-order valence-electron chi connectivity index (χ1n) is 7.57. The van der Waals surface area contributed by atoms with Crippen LogP contribution in [0.1, 0.15) is 27.7 Å². The maximum atomic E-state index is 13.8. The Labute approximate surface area is 143 Å². The lowest BCUT2D eigenvalue weighted by atomic mass is 9.79. The quantitative estimate of drug-likeness (QED) is 0.642. The molecule has 1 fully saturated rings. The topological polar surface area (TPSA) is 59.6 Å². The second-order valence-corrected chi connectivity index (χ2v) is 6.78. The van der Waals surface area contributed by atoms with E-state index in [1.54, 1.807) is 5.32 Å². The van der Waals surface area contributed by atoms with Gasteiger partial charge in [0.1, 0.15) is 12.4 Å². The molecule has 2 amide bonds. The van der Waals surface area contributed by atoms with Gasteiger partial charge >= 0.3 is 19.3 Å². The zero-order chi connectivity index (χ0) is 19.0. The van der Waals surface area contributed by atoms with Gasteiger partial charge in [0.15, 0.2) is 0 Å². The number of hydrogen-bond acceptors (Lipinski definition) is 3. The average molecular weight is 362 g/mol. The Morgan fingerprint density at radius 3 is 2.20 bits per heavy atom. The molecular formula is C15H19BF4N2O3. The molecular weight excluding hydrogens is 343 g/mol. The molecule has 0 spiro atoms.